The topological polar surface area (TPSA) is 110 Å². The van der Waals surface area contributed by atoms with Gasteiger partial charge in [0.25, 0.3) is 5.91 Å². The Balaban J connectivity index is 2.13. The molecule has 1 aromatic carbocycles. The van der Waals surface area contributed by atoms with E-state index < -0.39 is 16.4 Å². The van der Waals surface area contributed by atoms with Gasteiger partial charge < -0.3 is 9.84 Å². The van der Waals surface area contributed by atoms with E-state index in [0.29, 0.717) is 21.2 Å². The fraction of sp³-hybridized carbons (Fsp3) is 0.267. The molecule has 1 saturated heterocycles. The number of nitro benzene ring substituents is 1. The Kier molecular flexibility index (Phi) is 6.10. The summed E-state index contributed by atoms with van der Waals surface area (Å²) in [5.74, 6) is -1.13. The van der Waals surface area contributed by atoms with E-state index in [0.717, 1.165) is 11.8 Å². The van der Waals surface area contributed by atoms with Gasteiger partial charge in [0.2, 0.25) is 0 Å². The molecule has 10 heteroatoms. The molecule has 1 aliphatic rings. The highest BCUT2D eigenvalue weighted by atomic mass is 32.2. The number of phenolic OH excluding ortho intramolecular Hbond substituents is 1. The van der Waals surface area contributed by atoms with E-state index in [4.69, 9.17) is 12.2 Å². The molecule has 0 spiro atoms. The summed E-state index contributed by atoms with van der Waals surface area (Å²) in [5.41, 5.74) is -0.0399. The van der Waals surface area contributed by atoms with E-state index in [1.807, 2.05) is 0 Å². The maximum absolute atomic E-state index is 12.4. The minimum Gasteiger partial charge on any atom is -0.502 e. The van der Waals surface area contributed by atoms with Gasteiger partial charge >= 0.3 is 11.7 Å². The molecule has 8 nitrogen and oxygen atoms in total. The fourth-order valence-corrected chi connectivity index (χ4v) is 3.41. The van der Waals surface area contributed by atoms with Crippen LogP contribution in [0.3, 0.4) is 0 Å². The van der Waals surface area contributed by atoms with Crippen molar-refractivity contribution in [2.24, 2.45) is 0 Å². The first-order chi connectivity index (χ1) is 11.8. The molecule has 0 saturated carbocycles. The number of ether oxygens (including phenoxy) is 1. The maximum atomic E-state index is 12.4. The monoisotopic (exact) mass is 382 g/mol. The van der Waals surface area contributed by atoms with Gasteiger partial charge in [-0.15, -0.1) is 0 Å². The van der Waals surface area contributed by atoms with Gasteiger partial charge in [-0.2, -0.15) is 0 Å². The second-order valence-corrected chi connectivity index (χ2v) is 6.69. The lowest BCUT2D eigenvalue weighted by atomic mass is 10.1. The highest BCUT2D eigenvalue weighted by molar-refractivity contribution is 8.26. The summed E-state index contributed by atoms with van der Waals surface area (Å²) < 4.78 is 4.90. The van der Waals surface area contributed by atoms with Crippen LogP contribution in [-0.2, 0) is 14.3 Å². The number of thioether (sulfide) groups is 1. The van der Waals surface area contributed by atoms with Crippen LogP contribution in [0.25, 0.3) is 6.08 Å². The van der Waals surface area contributed by atoms with Crippen molar-refractivity contribution < 1.29 is 24.4 Å². The molecule has 1 N–H and O–H groups in total. The summed E-state index contributed by atoms with van der Waals surface area (Å²) >= 11 is 6.25. The zero-order chi connectivity index (χ0) is 18.6. The molecule has 1 amide bonds. The number of hydrogen-bond acceptors (Lipinski definition) is 8. The van der Waals surface area contributed by atoms with Crippen molar-refractivity contribution in [1.82, 2.24) is 4.90 Å². The number of amides is 1. The number of hydrogen-bond donors (Lipinski definition) is 1. The maximum Gasteiger partial charge on any atom is 0.311 e. The van der Waals surface area contributed by atoms with Crippen molar-refractivity contribution in [1.29, 1.82) is 0 Å². The predicted octanol–water partition coefficient (Wildman–Crippen LogP) is 2.45. The summed E-state index contributed by atoms with van der Waals surface area (Å²) in [5, 5.41) is 20.3. The molecule has 0 aliphatic carbocycles. The Morgan fingerprint density at radius 1 is 1.52 bits per heavy atom. The third-order valence-electron chi connectivity index (χ3n) is 3.36. The number of methoxy groups -OCH3 is 1. The van der Waals surface area contributed by atoms with Crippen LogP contribution in [0.5, 0.6) is 5.75 Å². The van der Waals surface area contributed by atoms with Crippen LogP contribution < -0.4 is 0 Å². The van der Waals surface area contributed by atoms with Crippen molar-refractivity contribution in [2.45, 2.75) is 12.8 Å². The van der Waals surface area contributed by atoms with Gasteiger partial charge in [0, 0.05) is 19.0 Å². The minimum absolute atomic E-state index is 0.177. The van der Waals surface area contributed by atoms with E-state index in [2.05, 4.69) is 4.74 Å². The molecule has 0 bridgehead atoms. The van der Waals surface area contributed by atoms with Crippen molar-refractivity contribution in [3.8, 4) is 5.75 Å². The van der Waals surface area contributed by atoms with E-state index in [1.165, 1.54) is 36.3 Å². The highest BCUT2D eigenvalue weighted by Crippen LogP contribution is 2.34. The van der Waals surface area contributed by atoms with Gasteiger partial charge in [0.15, 0.2) is 5.75 Å². The first-order valence-electron chi connectivity index (χ1n) is 7.13. The Hall–Kier alpha value is -2.46. The summed E-state index contributed by atoms with van der Waals surface area (Å²) in [7, 11) is 1.29. The second-order valence-electron chi connectivity index (χ2n) is 5.02. The molecule has 1 fully saturated rings. The molecule has 1 aliphatic heterocycles. The third-order valence-corrected chi connectivity index (χ3v) is 4.74. The van der Waals surface area contributed by atoms with Crippen LogP contribution in [0.1, 0.15) is 18.4 Å². The summed E-state index contributed by atoms with van der Waals surface area (Å²) in [4.78, 5) is 35.4. The second kappa shape index (κ2) is 8.08. The fourth-order valence-electron chi connectivity index (χ4n) is 2.10. The number of carbonyl (C=O) groups excluding carboxylic acids is 2. The average molecular weight is 382 g/mol. The van der Waals surface area contributed by atoms with E-state index in [9.17, 15) is 24.8 Å². The average Bonchev–Trinajstić information content (AvgIpc) is 2.83. The molecule has 1 heterocycles. The zero-order valence-electron chi connectivity index (χ0n) is 13.1. The highest BCUT2D eigenvalue weighted by Gasteiger charge is 2.31. The molecule has 0 unspecified atom stereocenters. The minimum atomic E-state index is -0.704. The lowest BCUT2D eigenvalue weighted by Gasteiger charge is -2.13. The van der Waals surface area contributed by atoms with Gasteiger partial charge in [-0.3, -0.25) is 24.6 Å². The predicted molar refractivity (Wildman–Crippen MR) is 95.9 cm³/mol. The third kappa shape index (κ3) is 4.54. The molecule has 0 aromatic heterocycles. The number of nitrogens with zero attached hydrogens (tertiary/aromatic N) is 2. The summed E-state index contributed by atoms with van der Waals surface area (Å²) in [6, 6.07) is 3.84. The Bertz CT molecular complexity index is 777. The number of esters is 1. The molecular formula is C15H14N2O6S2. The lowest BCUT2D eigenvalue weighted by Crippen LogP contribution is -2.29. The van der Waals surface area contributed by atoms with Crippen LogP contribution >= 0.6 is 24.0 Å². The molecule has 25 heavy (non-hydrogen) atoms. The van der Waals surface area contributed by atoms with Crippen LogP contribution in [0, 0.1) is 10.1 Å². The van der Waals surface area contributed by atoms with E-state index in [1.54, 1.807) is 0 Å². The Morgan fingerprint density at radius 2 is 2.24 bits per heavy atom. The summed E-state index contributed by atoms with van der Waals surface area (Å²) in [6.45, 7) is 0.285. The van der Waals surface area contributed by atoms with Crippen molar-refractivity contribution in [3.05, 3.63) is 38.8 Å². The number of nitro groups is 1. The Morgan fingerprint density at radius 3 is 2.88 bits per heavy atom. The number of phenols is 1. The van der Waals surface area contributed by atoms with Gasteiger partial charge in [-0.1, -0.05) is 30.0 Å². The lowest BCUT2D eigenvalue weighted by molar-refractivity contribution is -0.385. The van der Waals surface area contributed by atoms with Crippen molar-refractivity contribution >= 4 is 51.9 Å². The van der Waals surface area contributed by atoms with Crippen LogP contribution in [-0.4, -0.2) is 44.8 Å². The number of carbonyl (C=O) groups is 2. The largest absolute Gasteiger partial charge is 0.502 e. The van der Waals surface area contributed by atoms with Crippen molar-refractivity contribution in [2.75, 3.05) is 13.7 Å². The SMILES string of the molecule is COC(=O)CCCN1C(=O)/C(=C/c2ccc(O)c([N+](=O)[O-])c2)SC1=S. The Labute approximate surface area is 152 Å². The summed E-state index contributed by atoms with van der Waals surface area (Å²) in [6.07, 6.45) is 2.07. The molecule has 132 valence electrons. The smallest absolute Gasteiger partial charge is 0.311 e. The molecule has 0 radical (unpaired) electrons. The quantitative estimate of drug-likeness (QED) is 0.263. The molecule has 2 rings (SSSR count). The van der Waals surface area contributed by atoms with Crippen molar-refractivity contribution in [3.63, 3.8) is 0 Å². The standard InChI is InChI=1S/C15H14N2O6S2/c1-23-13(19)3-2-6-16-14(20)12(25-15(16)24)8-9-4-5-11(18)10(7-9)17(21)22/h4-5,7-8,18H,2-3,6H2,1H3/b12-8-. The van der Waals surface area contributed by atoms with E-state index >= 15 is 0 Å². The van der Waals surface area contributed by atoms with Crippen LogP contribution in [0.4, 0.5) is 5.69 Å². The van der Waals surface area contributed by atoms with E-state index in [-0.39, 0.29) is 24.8 Å². The molecule has 0 atom stereocenters. The van der Waals surface area contributed by atoms with Gasteiger partial charge in [0.05, 0.1) is 16.9 Å². The number of thiocarbonyl (C=S) groups is 1. The number of benzene rings is 1. The zero-order valence-corrected chi connectivity index (χ0v) is 14.8. The van der Waals surface area contributed by atoms with Crippen LogP contribution in [0.15, 0.2) is 23.1 Å². The first-order valence-corrected chi connectivity index (χ1v) is 8.35. The van der Waals surface area contributed by atoms with Crippen LogP contribution in [0.2, 0.25) is 0 Å². The molecule has 1 aromatic rings. The van der Waals surface area contributed by atoms with Gasteiger partial charge in [0.1, 0.15) is 4.32 Å². The van der Waals surface area contributed by atoms with Gasteiger partial charge in [-0.05, 0) is 24.1 Å². The normalized spacial score (nSPS) is 15.7. The van der Waals surface area contributed by atoms with Gasteiger partial charge in [-0.25, -0.2) is 0 Å². The number of rotatable bonds is 6. The molecular weight excluding hydrogens is 368 g/mol. The first kappa shape index (κ1) is 18.9. The number of aromatic hydroxyl groups is 1.